The molecular weight excluding hydrogens is 234 g/mol. The number of thiazole rings is 1. The lowest BCUT2D eigenvalue weighted by Gasteiger charge is -2.07. The van der Waals surface area contributed by atoms with Crippen LogP contribution in [0.3, 0.4) is 0 Å². The lowest BCUT2D eigenvalue weighted by Crippen LogP contribution is -2.05. The Hall–Kier alpha value is -1.69. The van der Waals surface area contributed by atoms with E-state index >= 15 is 0 Å². The quantitative estimate of drug-likeness (QED) is 0.869. The summed E-state index contributed by atoms with van der Waals surface area (Å²) in [5.41, 5.74) is 3.87. The monoisotopic (exact) mass is 249 g/mol. The number of aromatic nitrogens is 3. The van der Waals surface area contributed by atoms with Gasteiger partial charge in [0.05, 0.1) is 17.7 Å². The highest BCUT2D eigenvalue weighted by Crippen LogP contribution is 2.15. The van der Waals surface area contributed by atoms with E-state index in [-0.39, 0.29) is 0 Å². The van der Waals surface area contributed by atoms with Crippen molar-refractivity contribution in [3.63, 3.8) is 0 Å². The number of anilines is 2. The van der Waals surface area contributed by atoms with E-state index in [1.165, 1.54) is 4.88 Å². The molecule has 0 fully saturated rings. The molecule has 2 aromatic heterocycles. The summed E-state index contributed by atoms with van der Waals surface area (Å²) in [6, 6.07) is 1.93. The minimum Gasteiger partial charge on any atom is -0.365 e. The maximum absolute atomic E-state index is 4.33. The van der Waals surface area contributed by atoms with Gasteiger partial charge in [-0.2, -0.15) is 4.98 Å². The van der Waals surface area contributed by atoms with Crippen molar-refractivity contribution in [2.45, 2.75) is 20.4 Å². The normalized spacial score (nSPS) is 10.3. The summed E-state index contributed by atoms with van der Waals surface area (Å²) in [6.45, 7) is 4.71. The zero-order valence-corrected chi connectivity index (χ0v) is 10.9. The Kier molecular flexibility index (Phi) is 3.53. The van der Waals surface area contributed by atoms with Crippen molar-refractivity contribution >= 4 is 23.1 Å². The van der Waals surface area contributed by atoms with Gasteiger partial charge in [0.1, 0.15) is 5.82 Å². The van der Waals surface area contributed by atoms with Gasteiger partial charge in [-0.05, 0) is 13.8 Å². The second kappa shape index (κ2) is 5.09. The summed E-state index contributed by atoms with van der Waals surface area (Å²) in [6.07, 6.45) is 0. The molecule has 0 saturated carbocycles. The third-order valence-corrected chi connectivity index (χ3v) is 3.29. The van der Waals surface area contributed by atoms with E-state index in [0.29, 0.717) is 5.95 Å². The zero-order valence-electron chi connectivity index (χ0n) is 10.1. The van der Waals surface area contributed by atoms with Gasteiger partial charge >= 0.3 is 0 Å². The molecule has 0 spiro atoms. The average molecular weight is 249 g/mol. The molecule has 0 aromatic carbocycles. The van der Waals surface area contributed by atoms with Gasteiger partial charge in [-0.15, -0.1) is 11.3 Å². The van der Waals surface area contributed by atoms with Crippen molar-refractivity contribution < 1.29 is 0 Å². The predicted molar refractivity (Wildman–Crippen MR) is 70.5 cm³/mol. The Morgan fingerprint density at radius 2 is 2.12 bits per heavy atom. The van der Waals surface area contributed by atoms with Gasteiger partial charge in [0, 0.05) is 23.7 Å². The molecule has 2 rings (SSSR count). The van der Waals surface area contributed by atoms with E-state index in [9.17, 15) is 0 Å². The second-order valence-electron chi connectivity index (χ2n) is 3.68. The first-order valence-electron chi connectivity index (χ1n) is 5.35. The van der Waals surface area contributed by atoms with Crippen molar-refractivity contribution in [1.82, 2.24) is 15.0 Å². The van der Waals surface area contributed by atoms with Crippen LogP contribution in [0.25, 0.3) is 0 Å². The number of hydrogen-bond acceptors (Lipinski definition) is 6. The molecule has 2 N–H and O–H groups in total. The van der Waals surface area contributed by atoms with E-state index in [2.05, 4.69) is 25.6 Å². The Balaban J connectivity index is 2.09. The molecule has 17 heavy (non-hydrogen) atoms. The first-order chi connectivity index (χ1) is 8.19. The molecule has 0 unspecified atom stereocenters. The molecule has 0 bridgehead atoms. The van der Waals surface area contributed by atoms with Gasteiger partial charge in [-0.3, -0.25) is 0 Å². The van der Waals surface area contributed by atoms with Crippen LogP contribution < -0.4 is 10.6 Å². The van der Waals surface area contributed by atoms with Crippen LogP contribution in [-0.2, 0) is 6.54 Å². The fraction of sp³-hybridized carbons (Fsp3) is 0.364. The van der Waals surface area contributed by atoms with Crippen molar-refractivity contribution in [2.75, 3.05) is 17.7 Å². The SMILES string of the molecule is CNc1nc(C)cc(NCc2scnc2C)n1. The fourth-order valence-corrected chi connectivity index (χ4v) is 2.15. The van der Waals surface area contributed by atoms with Gasteiger partial charge in [0.2, 0.25) is 5.95 Å². The van der Waals surface area contributed by atoms with Crippen molar-refractivity contribution in [3.05, 3.63) is 27.8 Å². The zero-order chi connectivity index (χ0) is 12.3. The summed E-state index contributed by atoms with van der Waals surface area (Å²) < 4.78 is 0. The molecule has 0 aliphatic heterocycles. The van der Waals surface area contributed by atoms with Gasteiger partial charge in [0.15, 0.2) is 0 Å². The Bertz CT molecular complexity index is 508. The molecule has 6 heteroatoms. The minimum atomic E-state index is 0.633. The predicted octanol–water partition coefficient (Wildman–Crippen LogP) is 2.20. The first kappa shape index (κ1) is 11.8. The standard InChI is InChI=1S/C11H15N5S/c1-7-4-10(16-11(12-3)15-7)13-5-9-8(2)14-6-17-9/h4,6H,5H2,1-3H3,(H2,12,13,15,16). The molecule has 0 aliphatic rings. The lowest BCUT2D eigenvalue weighted by atomic mass is 10.4. The van der Waals surface area contributed by atoms with E-state index in [0.717, 1.165) is 23.8 Å². The summed E-state index contributed by atoms with van der Waals surface area (Å²) in [4.78, 5) is 14.0. The minimum absolute atomic E-state index is 0.633. The highest BCUT2D eigenvalue weighted by atomic mass is 32.1. The van der Waals surface area contributed by atoms with Crippen LogP contribution in [-0.4, -0.2) is 22.0 Å². The van der Waals surface area contributed by atoms with E-state index < -0.39 is 0 Å². The molecule has 2 heterocycles. The lowest BCUT2D eigenvalue weighted by molar-refractivity contribution is 1.05. The van der Waals surface area contributed by atoms with Gasteiger partial charge < -0.3 is 10.6 Å². The summed E-state index contributed by atoms with van der Waals surface area (Å²) >= 11 is 1.65. The smallest absolute Gasteiger partial charge is 0.224 e. The van der Waals surface area contributed by atoms with Crippen LogP contribution in [0.5, 0.6) is 0 Å². The summed E-state index contributed by atoms with van der Waals surface area (Å²) in [7, 11) is 1.81. The molecule has 0 atom stereocenters. The average Bonchev–Trinajstić information content (AvgIpc) is 2.71. The van der Waals surface area contributed by atoms with Crippen molar-refractivity contribution in [2.24, 2.45) is 0 Å². The first-order valence-corrected chi connectivity index (χ1v) is 6.23. The van der Waals surface area contributed by atoms with Crippen LogP contribution in [0.4, 0.5) is 11.8 Å². The van der Waals surface area contributed by atoms with Crippen molar-refractivity contribution in [3.8, 4) is 0 Å². The van der Waals surface area contributed by atoms with Crippen LogP contribution in [0.15, 0.2) is 11.6 Å². The van der Waals surface area contributed by atoms with Gasteiger partial charge in [0.25, 0.3) is 0 Å². The second-order valence-corrected chi connectivity index (χ2v) is 4.62. The summed E-state index contributed by atoms with van der Waals surface area (Å²) in [5.74, 6) is 1.46. The van der Waals surface area contributed by atoms with Gasteiger partial charge in [-0.1, -0.05) is 0 Å². The molecule has 0 aliphatic carbocycles. The Morgan fingerprint density at radius 1 is 1.29 bits per heavy atom. The number of rotatable bonds is 4. The molecular formula is C11H15N5S. The fourth-order valence-electron chi connectivity index (χ4n) is 1.44. The van der Waals surface area contributed by atoms with Gasteiger partial charge in [-0.25, -0.2) is 9.97 Å². The maximum Gasteiger partial charge on any atom is 0.224 e. The number of hydrogen-bond donors (Lipinski definition) is 2. The van der Waals surface area contributed by atoms with E-state index in [4.69, 9.17) is 0 Å². The highest BCUT2D eigenvalue weighted by Gasteiger charge is 2.03. The molecule has 0 radical (unpaired) electrons. The third-order valence-electron chi connectivity index (χ3n) is 2.35. The molecule has 5 nitrogen and oxygen atoms in total. The third kappa shape index (κ3) is 2.91. The number of nitrogens with zero attached hydrogens (tertiary/aromatic N) is 3. The van der Waals surface area contributed by atoms with Crippen LogP contribution in [0.1, 0.15) is 16.3 Å². The Labute approximate surface area is 104 Å². The topological polar surface area (TPSA) is 62.7 Å². The molecule has 0 amide bonds. The van der Waals surface area contributed by atoms with Crippen molar-refractivity contribution in [1.29, 1.82) is 0 Å². The molecule has 90 valence electrons. The van der Waals surface area contributed by atoms with E-state index in [1.54, 1.807) is 11.3 Å². The summed E-state index contributed by atoms with van der Waals surface area (Å²) in [5, 5.41) is 6.22. The largest absolute Gasteiger partial charge is 0.365 e. The van der Waals surface area contributed by atoms with E-state index in [1.807, 2.05) is 32.5 Å². The van der Waals surface area contributed by atoms with Crippen LogP contribution in [0.2, 0.25) is 0 Å². The van der Waals surface area contributed by atoms with Crippen LogP contribution in [0, 0.1) is 13.8 Å². The maximum atomic E-state index is 4.33. The highest BCUT2D eigenvalue weighted by molar-refractivity contribution is 7.09. The molecule has 2 aromatic rings. The molecule has 0 saturated heterocycles. The van der Waals surface area contributed by atoms with Crippen LogP contribution >= 0.6 is 11.3 Å². The Morgan fingerprint density at radius 3 is 2.76 bits per heavy atom. The number of nitrogens with one attached hydrogen (secondary N) is 2. The number of aryl methyl sites for hydroxylation is 2.